The van der Waals surface area contributed by atoms with Crippen molar-refractivity contribution in [1.29, 1.82) is 0 Å². The minimum Gasteiger partial charge on any atom is -0.390 e. The molecule has 2 aromatic rings. The lowest BCUT2D eigenvalue weighted by atomic mass is 9.99. The number of nitrogens with one attached hydrogen (secondary N) is 1. The van der Waals surface area contributed by atoms with Gasteiger partial charge in [-0.2, -0.15) is 8.42 Å². The fourth-order valence-corrected chi connectivity index (χ4v) is 4.88. The molecular formula is C23H33FN4O5S. The van der Waals surface area contributed by atoms with Gasteiger partial charge in [0.2, 0.25) is 0 Å². The number of carbonyl (C=O) groups is 1. The fourth-order valence-electron chi connectivity index (χ4n) is 4.51. The van der Waals surface area contributed by atoms with E-state index in [1.165, 1.54) is 6.20 Å². The van der Waals surface area contributed by atoms with Gasteiger partial charge in [0.25, 0.3) is 0 Å². The Labute approximate surface area is 199 Å². The Kier molecular flexibility index (Phi) is 7.24. The number of hydrogen-bond donors (Lipinski definition) is 3. The average Bonchev–Trinajstić information content (AvgIpc) is 3.16. The number of halogens is 1. The zero-order chi connectivity index (χ0) is 25.6. The lowest BCUT2D eigenvalue weighted by Gasteiger charge is -2.23. The minimum atomic E-state index is -4.21. The van der Waals surface area contributed by atoms with Gasteiger partial charge in [0, 0.05) is 40.8 Å². The summed E-state index contributed by atoms with van der Waals surface area (Å²) in [4.78, 5) is 17.9. The van der Waals surface area contributed by atoms with Crippen molar-refractivity contribution in [2.24, 2.45) is 11.1 Å². The van der Waals surface area contributed by atoms with Crippen LogP contribution < -0.4 is 10.5 Å². The number of aryl methyl sites for hydroxylation is 1. The molecule has 0 spiro atoms. The number of aromatic nitrogens is 2. The Morgan fingerprint density at radius 3 is 2.56 bits per heavy atom. The van der Waals surface area contributed by atoms with Crippen LogP contribution in [0.2, 0.25) is 0 Å². The summed E-state index contributed by atoms with van der Waals surface area (Å²) in [6.45, 7) is 11.3. The highest BCUT2D eigenvalue weighted by molar-refractivity contribution is 7.84. The SMILES string of the molecule is Cc1nccc(N[C@@H]2C[C@H](COS(N)(=O)=O)[C@@H](O)[C@@H]2F)c1C(=O)c1cn(C(C)(C)C)c(C)c1C. The summed E-state index contributed by atoms with van der Waals surface area (Å²) in [5, 5.41) is 18.1. The minimum absolute atomic E-state index is 0.0887. The van der Waals surface area contributed by atoms with Crippen molar-refractivity contribution >= 4 is 21.8 Å². The summed E-state index contributed by atoms with van der Waals surface area (Å²) in [7, 11) is -4.21. The summed E-state index contributed by atoms with van der Waals surface area (Å²) < 4.78 is 43.6. The van der Waals surface area contributed by atoms with Crippen molar-refractivity contribution in [2.75, 3.05) is 11.9 Å². The van der Waals surface area contributed by atoms with Crippen LogP contribution >= 0.6 is 0 Å². The summed E-state index contributed by atoms with van der Waals surface area (Å²) in [5.74, 6) is -1.02. The zero-order valence-corrected chi connectivity index (χ0v) is 21.1. The number of nitrogens with two attached hydrogens (primary N) is 1. The van der Waals surface area contributed by atoms with Gasteiger partial charge < -0.3 is 15.0 Å². The van der Waals surface area contributed by atoms with Crippen molar-refractivity contribution in [3.8, 4) is 0 Å². The van der Waals surface area contributed by atoms with Gasteiger partial charge in [-0.15, -0.1) is 0 Å². The number of pyridine rings is 1. The zero-order valence-electron chi connectivity index (χ0n) is 20.3. The van der Waals surface area contributed by atoms with E-state index in [-0.39, 0.29) is 17.7 Å². The number of carbonyl (C=O) groups excluding carboxylic acids is 1. The molecular weight excluding hydrogens is 463 g/mol. The van der Waals surface area contributed by atoms with Crippen LogP contribution in [0.3, 0.4) is 0 Å². The third-order valence-electron chi connectivity index (χ3n) is 6.44. The second-order valence-electron chi connectivity index (χ2n) is 9.90. The molecule has 0 unspecified atom stereocenters. The first kappa shape index (κ1) is 26.3. The second kappa shape index (κ2) is 9.37. The number of aliphatic hydroxyl groups is 1. The van der Waals surface area contributed by atoms with Crippen molar-refractivity contribution in [3.05, 3.63) is 46.5 Å². The van der Waals surface area contributed by atoms with E-state index < -0.39 is 41.1 Å². The molecule has 34 heavy (non-hydrogen) atoms. The molecule has 2 aromatic heterocycles. The van der Waals surface area contributed by atoms with E-state index in [1.807, 2.05) is 20.0 Å². The van der Waals surface area contributed by atoms with Gasteiger partial charge in [0.05, 0.1) is 30.0 Å². The maximum atomic E-state index is 14.9. The molecule has 0 aromatic carbocycles. The topological polar surface area (TPSA) is 137 Å². The van der Waals surface area contributed by atoms with Crippen LogP contribution in [-0.4, -0.2) is 53.8 Å². The first-order chi connectivity index (χ1) is 15.6. The fraction of sp³-hybridized carbons (Fsp3) is 0.565. The van der Waals surface area contributed by atoms with Gasteiger partial charge in [-0.3, -0.25) is 14.0 Å². The highest BCUT2D eigenvalue weighted by Crippen LogP contribution is 2.34. The van der Waals surface area contributed by atoms with Crippen LogP contribution in [0.5, 0.6) is 0 Å². The number of aliphatic hydroxyl groups excluding tert-OH is 1. The number of anilines is 1. The van der Waals surface area contributed by atoms with E-state index in [0.29, 0.717) is 22.5 Å². The third-order valence-corrected chi connectivity index (χ3v) is 6.90. The first-order valence-electron chi connectivity index (χ1n) is 11.1. The average molecular weight is 497 g/mol. The molecule has 1 fully saturated rings. The number of hydrogen-bond acceptors (Lipinski definition) is 7. The predicted octanol–water partition coefficient (Wildman–Crippen LogP) is 2.51. The van der Waals surface area contributed by atoms with Crippen molar-refractivity contribution < 1.29 is 26.9 Å². The molecule has 1 aliphatic carbocycles. The van der Waals surface area contributed by atoms with Gasteiger partial charge in [-0.1, -0.05) is 0 Å². The van der Waals surface area contributed by atoms with Gasteiger partial charge in [-0.05, 0) is 59.6 Å². The van der Waals surface area contributed by atoms with E-state index in [0.717, 1.165) is 11.3 Å². The van der Waals surface area contributed by atoms with Crippen LogP contribution in [0.1, 0.15) is 60.1 Å². The molecule has 0 radical (unpaired) electrons. The van der Waals surface area contributed by atoms with Crippen molar-refractivity contribution in [2.45, 2.75) is 71.8 Å². The number of rotatable bonds is 7. The third kappa shape index (κ3) is 5.32. The summed E-state index contributed by atoms with van der Waals surface area (Å²) in [5.41, 5.74) is 3.36. The maximum absolute atomic E-state index is 14.9. The molecule has 0 amide bonds. The van der Waals surface area contributed by atoms with Crippen LogP contribution in [-0.2, 0) is 20.0 Å². The molecule has 3 rings (SSSR count). The summed E-state index contributed by atoms with van der Waals surface area (Å²) in [6.07, 6.45) is 0.308. The monoisotopic (exact) mass is 496 g/mol. The van der Waals surface area contributed by atoms with E-state index in [9.17, 15) is 22.7 Å². The van der Waals surface area contributed by atoms with E-state index in [2.05, 4.69) is 39.8 Å². The van der Waals surface area contributed by atoms with E-state index in [1.54, 1.807) is 13.0 Å². The molecule has 1 saturated carbocycles. The molecule has 11 heteroatoms. The predicted molar refractivity (Wildman–Crippen MR) is 127 cm³/mol. The molecule has 0 saturated heterocycles. The largest absolute Gasteiger partial charge is 0.390 e. The summed E-state index contributed by atoms with van der Waals surface area (Å²) in [6, 6.07) is 0.732. The van der Waals surface area contributed by atoms with Crippen LogP contribution in [0.4, 0.5) is 10.1 Å². The number of nitrogens with zero attached hydrogens (tertiary/aromatic N) is 2. The summed E-state index contributed by atoms with van der Waals surface area (Å²) >= 11 is 0. The van der Waals surface area contributed by atoms with Crippen LogP contribution in [0.25, 0.3) is 0 Å². The van der Waals surface area contributed by atoms with Gasteiger partial charge in [-0.25, -0.2) is 9.53 Å². The smallest absolute Gasteiger partial charge is 0.333 e. The lowest BCUT2D eigenvalue weighted by Crippen LogP contribution is -2.33. The van der Waals surface area contributed by atoms with Crippen LogP contribution in [0.15, 0.2) is 18.5 Å². The molecule has 9 nitrogen and oxygen atoms in total. The normalized spacial score (nSPS) is 23.3. The Morgan fingerprint density at radius 2 is 2.00 bits per heavy atom. The number of alkyl halides is 1. The molecule has 4 N–H and O–H groups in total. The molecule has 1 aliphatic rings. The Bertz CT molecular complexity index is 1190. The number of ketones is 1. The van der Waals surface area contributed by atoms with Gasteiger partial charge >= 0.3 is 10.3 Å². The molecule has 0 aliphatic heterocycles. The molecule has 4 atom stereocenters. The quantitative estimate of drug-likeness (QED) is 0.501. The first-order valence-corrected chi connectivity index (χ1v) is 12.5. The van der Waals surface area contributed by atoms with E-state index >= 15 is 0 Å². The maximum Gasteiger partial charge on any atom is 0.333 e. The van der Waals surface area contributed by atoms with Gasteiger partial charge in [0.15, 0.2) is 5.78 Å². The Balaban J connectivity index is 1.91. The van der Waals surface area contributed by atoms with Crippen molar-refractivity contribution in [1.82, 2.24) is 9.55 Å². The lowest BCUT2D eigenvalue weighted by molar-refractivity contribution is 0.0501. The highest BCUT2D eigenvalue weighted by Gasteiger charge is 2.44. The Morgan fingerprint density at radius 1 is 1.35 bits per heavy atom. The molecule has 2 heterocycles. The van der Waals surface area contributed by atoms with E-state index in [4.69, 9.17) is 5.14 Å². The molecule has 188 valence electrons. The van der Waals surface area contributed by atoms with Crippen LogP contribution in [0, 0.1) is 26.7 Å². The van der Waals surface area contributed by atoms with Crippen molar-refractivity contribution in [3.63, 3.8) is 0 Å². The highest BCUT2D eigenvalue weighted by atomic mass is 32.2. The molecule has 0 bridgehead atoms. The standard InChI is InChI=1S/C23H33FN4O5S/c1-12-14(3)28(23(4,5)6)10-16(12)22(30)19-13(2)26-8-7-17(19)27-18-9-15(21(29)20(18)24)11-33-34(25,31)32/h7-8,10,15,18,20-21,29H,9,11H2,1-6H3,(H,26,27)(H2,25,31,32)/t15-,18-,20-,21-/m1/s1. The Hall–Kier alpha value is -2.34. The second-order valence-corrected chi connectivity index (χ2v) is 11.1. The van der Waals surface area contributed by atoms with Gasteiger partial charge in [0.1, 0.15) is 6.17 Å².